The maximum absolute atomic E-state index is 13.2. The number of nitrogens with zero attached hydrogens (tertiary/aromatic N) is 4. The number of halogens is 1. The molecule has 5 rings (SSSR count). The molecule has 2 fully saturated rings. The molecule has 9 nitrogen and oxygen atoms in total. The molecule has 3 aromatic heterocycles. The number of ether oxygens (including phenoxy) is 3. The van der Waals surface area contributed by atoms with Crippen molar-refractivity contribution in [3.05, 3.63) is 40.9 Å². The predicted molar refractivity (Wildman–Crippen MR) is 123 cm³/mol. The van der Waals surface area contributed by atoms with Gasteiger partial charge in [0.25, 0.3) is 11.1 Å². The van der Waals surface area contributed by atoms with Gasteiger partial charge in [-0.15, -0.1) is 5.10 Å². The third-order valence-electron chi connectivity index (χ3n) is 5.96. The molecule has 1 aliphatic heterocycles. The van der Waals surface area contributed by atoms with E-state index in [9.17, 15) is 4.79 Å². The number of anilines is 1. The normalized spacial score (nSPS) is 18.7. The Bertz CT molecular complexity index is 1190. The molecule has 2 aliphatic rings. The average Bonchev–Trinajstić information content (AvgIpc) is 3.18. The standard InChI is InChI=1S/C22H22ClN5O4S/c1-12-7-14(15-8-18(23)25-10-17(15)30-2)16(9-24-12)19(29)26-20-27-28-21(33-20)32-22(4-5-22)13-3-6-31-11-13/h7-10,13H,3-6,11H2,1-2H3,(H,26,27,29)/t13-/m1/s1. The first-order chi connectivity index (χ1) is 16.0. The Labute approximate surface area is 199 Å². The maximum atomic E-state index is 13.2. The summed E-state index contributed by atoms with van der Waals surface area (Å²) in [6.45, 7) is 3.33. The second-order valence-corrected chi connectivity index (χ2v) is 9.46. The van der Waals surface area contributed by atoms with Gasteiger partial charge in [0.15, 0.2) is 0 Å². The molecule has 1 saturated carbocycles. The summed E-state index contributed by atoms with van der Waals surface area (Å²) in [5, 5.41) is 12.1. The molecule has 0 bridgehead atoms. The first-order valence-electron chi connectivity index (χ1n) is 10.6. The third-order valence-corrected chi connectivity index (χ3v) is 6.89. The van der Waals surface area contributed by atoms with E-state index >= 15 is 0 Å². The monoisotopic (exact) mass is 487 g/mol. The van der Waals surface area contributed by atoms with Gasteiger partial charge >= 0.3 is 0 Å². The van der Waals surface area contributed by atoms with Crippen molar-refractivity contribution in [3.8, 4) is 22.1 Å². The van der Waals surface area contributed by atoms with Gasteiger partial charge in [0.1, 0.15) is 16.5 Å². The van der Waals surface area contributed by atoms with E-state index in [2.05, 4.69) is 25.5 Å². The summed E-state index contributed by atoms with van der Waals surface area (Å²) in [6, 6.07) is 3.46. The molecule has 3 aromatic rings. The van der Waals surface area contributed by atoms with Gasteiger partial charge in [-0.05, 0) is 49.7 Å². The summed E-state index contributed by atoms with van der Waals surface area (Å²) in [5.74, 6) is 0.500. The van der Waals surface area contributed by atoms with Crippen LogP contribution in [0, 0.1) is 12.8 Å². The molecule has 4 heterocycles. The van der Waals surface area contributed by atoms with Crippen LogP contribution in [0.25, 0.3) is 11.1 Å². The highest BCUT2D eigenvalue weighted by molar-refractivity contribution is 7.17. The number of aryl methyl sites for hydroxylation is 1. The summed E-state index contributed by atoms with van der Waals surface area (Å²) in [6.07, 6.45) is 6.00. The predicted octanol–water partition coefficient (Wildman–Crippen LogP) is 4.17. The Kier molecular flexibility index (Phi) is 5.90. The lowest BCUT2D eigenvalue weighted by atomic mass is 10.00. The highest BCUT2D eigenvalue weighted by Crippen LogP contribution is 2.49. The summed E-state index contributed by atoms with van der Waals surface area (Å²) in [4.78, 5) is 21.5. The van der Waals surface area contributed by atoms with Crippen molar-refractivity contribution in [1.82, 2.24) is 20.2 Å². The van der Waals surface area contributed by atoms with Crippen molar-refractivity contribution < 1.29 is 19.0 Å². The fraction of sp³-hybridized carbons (Fsp3) is 0.409. The number of carbonyl (C=O) groups excluding carboxylic acids is 1. The lowest BCUT2D eigenvalue weighted by molar-refractivity contribution is 0.0905. The summed E-state index contributed by atoms with van der Waals surface area (Å²) in [7, 11) is 1.54. The number of carbonyl (C=O) groups is 1. The van der Waals surface area contributed by atoms with Gasteiger partial charge in [0.2, 0.25) is 5.13 Å². The molecule has 0 unspecified atom stereocenters. The number of aromatic nitrogens is 4. The first-order valence-corrected chi connectivity index (χ1v) is 11.7. The Morgan fingerprint density at radius 3 is 2.82 bits per heavy atom. The van der Waals surface area contributed by atoms with Gasteiger partial charge in [-0.25, -0.2) is 4.98 Å². The average molecular weight is 488 g/mol. The van der Waals surface area contributed by atoms with Crippen LogP contribution in [0.1, 0.15) is 35.3 Å². The van der Waals surface area contributed by atoms with Gasteiger partial charge in [0.05, 0.1) is 25.5 Å². The van der Waals surface area contributed by atoms with Crippen LogP contribution in [0.4, 0.5) is 5.13 Å². The molecule has 1 amide bonds. The SMILES string of the molecule is COc1cnc(Cl)cc1-c1cc(C)ncc1C(=O)Nc1nnc(OC2([C@@H]3CCOC3)CC2)s1. The largest absolute Gasteiger partial charge is 0.494 e. The van der Waals surface area contributed by atoms with Crippen LogP contribution in [-0.2, 0) is 4.74 Å². The first kappa shape index (κ1) is 22.0. The zero-order valence-corrected chi connectivity index (χ0v) is 19.7. The minimum atomic E-state index is -0.375. The van der Waals surface area contributed by atoms with Crippen LogP contribution in [0.2, 0.25) is 5.15 Å². The van der Waals surface area contributed by atoms with E-state index in [1.54, 1.807) is 12.1 Å². The van der Waals surface area contributed by atoms with E-state index in [-0.39, 0.29) is 11.5 Å². The van der Waals surface area contributed by atoms with Crippen molar-refractivity contribution in [2.24, 2.45) is 5.92 Å². The van der Waals surface area contributed by atoms with E-state index in [0.29, 0.717) is 50.4 Å². The van der Waals surface area contributed by atoms with Crippen molar-refractivity contribution in [2.45, 2.75) is 31.8 Å². The molecular formula is C22H22ClN5O4S. The number of pyridine rings is 2. The molecule has 172 valence electrons. The number of hydrogen-bond donors (Lipinski definition) is 1. The number of hydrogen-bond acceptors (Lipinski definition) is 9. The van der Waals surface area contributed by atoms with Gasteiger partial charge in [-0.1, -0.05) is 16.7 Å². The molecule has 1 N–H and O–H groups in total. The van der Waals surface area contributed by atoms with Crippen molar-refractivity contribution >= 4 is 34.0 Å². The fourth-order valence-electron chi connectivity index (χ4n) is 4.06. The topological polar surface area (TPSA) is 108 Å². The highest BCUT2D eigenvalue weighted by Gasteiger charge is 2.53. The zero-order valence-electron chi connectivity index (χ0n) is 18.1. The summed E-state index contributed by atoms with van der Waals surface area (Å²) in [5.41, 5.74) is 2.15. The maximum Gasteiger partial charge on any atom is 0.296 e. The Morgan fingerprint density at radius 2 is 2.09 bits per heavy atom. The van der Waals surface area contributed by atoms with Crippen LogP contribution < -0.4 is 14.8 Å². The number of methoxy groups -OCH3 is 1. The van der Waals surface area contributed by atoms with Gasteiger partial charge < -0.3 is 14.2 Å². The van der Waals surface area contributed by atoms with Gasteiger partial charge in [-0.2, -0.15) is 0 Å². The Hall–Kier alpha value is -2.82. The van der Waals surface area contributed by atoms with E-state index in [1.807, 2.05) is 6.92 Å². The minimum Gasteiger partial charge on any atom is -0.494 e. The molecule has 0 aromatic carbocycles. The van der Waals surface area contributed by atoms with Crippen LogP contribution in [0.15, 0.2) is 24.5 Å². The Balaban J connectivity index is 1.37. The fourth-order valence-corrected chi connectivity index (χ4v) is 4.90. The molecule has 0 spiro atoms. The van der Waals surface area contributed by atoms with E-state index in [0.717, 1.165) is 31.6 Å². The minimum absolute atomic E-state index is 0.206. The van der Waals surface area contributed by atoms with Gasteiger partial charge in [-0.3, -0.25) is 15.1 Å². The van der Waals surface area contributed by atoms with Crippen molar-refractivity contribution in [1.29, 1.82) is 0 Å². The number of nitrogens with one attached hydrogen (secondary N) is 1. The van der Waals surface area contributed by atoms with Crippen molar-refractivity contribution in [2.75, 3.05) is 25.6 Å². The smallest absolute Gasteiger partial charge is 0.296 e. The molecule has 0 radical (unpaired) electrons. The lowest BCUT2D eigenvalue weighted by Crippen LogP contribution is -2.29. The molecule has 11 heteroatoms. The second kappa shape index (κ2) is 8.85. The van der Waals surface area contributed by atoms with E-state index < -0.39 is 0 Å². The van der Waals surface area contributed by atoms with Crippen LogP contribution in [0.5, 0.6) is 10.9 Å². The molecule has 1 atom stereocenters. The lowest BCUT2D eigenvalue weighted by Gasteiger charge is -2.20. The molecule has 1 saturated heterocycles. The van der Waals surface area contributed by atoms with Crippen molar-refractivity contribution in [3.63, 3.8) is 0 Å². The summed E-state index contributed by atoms with van der Waals surface area (Å²) >= 11 is 7.31. The van der Waals surface area contributed by atoms with Gasteiger partial charge in [0, 0.05) is 35.5 Å². The van der Waals surface area contributed by atoms with E-state index in [4.69, 9.17) is 25.8 Å². The molecular weight excluding hydrogens is 466 g/mol. The molecule has 1 aliphatic carbocycles. The second-order valence-electron chi connectivity index (χ2n) is 8.13. The van der Waals surface area contributed by atoms with Crippen LogP contribution in [-0.4, -0.2) is 52.0 Å². The number of amides is 1. The number of rotatable bonds is 7. The molecule has 33 heavy (non-hydrogen) atoms. The van der Waals surface area contributed by atoms with Crippen LogP contribution in [0.3, 0.4) is 0 Å². The van der Waals surface area contributed by atoms with E-state index in [1.165, 1.54) is 30.8 Å². The van der Waals surface area contributed by atoms with Crippen LogP contribution >= 0.6 is 22.9 Å². The zero-order chi connectivity index (χ0) is 23.0. The third kappa shape index (κ3) is 4.50. The highest BCUT2D eigenvalue weighted by atomic mass is 35.5. The Morgan fingerprint density at radius 1 is 1.24 bits per heavy atom. The quantitative estimate of drug-likeness (QED) is 0.495. The summed E-state index contributed by atoms with van der Waals surface area (Å²) < 4.78 is 17.1.